The lowest BCUT2D eigenvalue weighted by atomic mass is 10.0. The molecular formula is C65H127N2O7P. The Kier molecular flexibility index (Phi) is 54.7. The number of amides is 1. The first-order valence-corrected chi connectivity index (χ1v) is 34.1. The van der Waals surface area contributed by atoms with Crippen LogP contribution in [0.1, 0.15) is 329 Å². The zero-order chi connectivity index (χ0) is 55.0. The molecule has 0 spiro atoms. The minimum atomic E-state index is -4.69. The Morgan fingerprint density at radius 2 is 0.773 bits per heavy atom. The Labute approximate surface area is 466 Å². The highest BCUT2D eigenvalue weighted by atomic mass is 31.2. The van der Waals surface area contributed by atoms with Gasteiger partial charge in [0, 0.05) is 12.8 Å². The Morgan fingerprint density at radius 3 is 1.15 bits per heavy atom. The molecule has 9 nitrogen and oxygen atoms in total. The molecule has 0 aromatic heterocycles. The zero-order valence-electron chi connectivity index (χ0n) is 50.8. The molecule has 0 saturated heterocycles. The molecule has 10 heteroatoms. The first-order chi connectivity index (χ1) is 36.4. The van der Waals surface area contributed by atoms with Gasteiger partial charge in [-0.1, -0.05) is 283 Å². The van der Waals surface area contributed by atoms with E-state index in [9.17, 15) is 19.0 Å². The molecule has 0 saturated carbocycles. The number of rotatable bonds is 60. The van der Waals surface area contributed by atoms with Gasteiger partial charge in [-0.3, -0.25) is 14.2 Å². The molecular weight excluding hydrogens is 952 g/mol. The molecule has 0 aliphatic rings. The van der Waals surface area contributed by atoms with E-state index in [2.05, 4.69) is 38.2 Å². The number of phosphoric acid groups is 1. The largest absolute Gasteiger partial charge is 0.756 e. The van der Waals surface area contributed by atoms with E-state index >= 15 is 0 Å². The molecule has 0 rings (SSSR count). The van der Waals surface area contributed by atoms with E-state index in [0.717, 1.165) is 70.6 Å². The number of quaternary nitrogens is 1. The number of hydrogen-bond donors (Lipinski definition) is 1. The third kappa shape index (κ3) is 57.0. The van der Waals surface area contributed by atoms with Crippen LogP contribution in [0.2, 0.25) is 0 Å². The number of carbonyl (C=O) groups excluding carboxylic acids is 2. The minimum absolute atomic E-state index is 0.0197. The summed E-state index contributed by atoms with van der Waals surface area (Å²) < 4.78 is 30.3. The fourth-order valence-electron chi connectivity index (χ4n) is 9.81. The Morgan fingerprint density at radius 1 is 0.453 bits per heavy atom. The van der Waals surface area contributed by atoms with E-state index in [4.69, 9.17) is 13.8 Å². The van der Waals surface area contributed by atoms with E-state index in [-0.39, 0.29) is 31.5 Å². The number of allylic oxidation sites excluding steroid dienone is 3. The van der Waals surface area contributed by atoms with Gasteiger partial charge in [-0.25, -0.2) is 0 Å². The van der Waals surface area contributed by atoms with Crippen LogP contribution in [0, 0.1) is 0 Å². The van der Waals surface area contributed by atoms with Crippen LogP contribution in [-0.2, 0) is 27.9 Å². The molecule has 3 unspecified atom stereocenters. The molecule has 0 bridgehead atoms. The average Bonchev–Trinajstić information content (AvgIpc) is 3.37. The van der Waals surface area contributed by atoms with E-state index in [1.807, 2.05) is 33.3 Å². The summed E-state index contributed by atoms with van der Waals surface area (Å²) in [6.07, 6.45) is 65.8. The van der Waals surface area contributed by atoms with Crippen molar-refractivity contribution < 1.29 is 37.3 Å². The standard InChI is InChI=1S/C65H127N2O7P/c1-7-10-13-16-19-22-25-27-29-30-31-32-33-34-35-36-38-40-43-46-49-52-55-58-65(69)74-63(56-53-50-47-44-41-24-21-18-15-12-9-3)62(61-73-75(70,71)72-60-59-67(4,5)6)66-64(68)57-54-51-48-45-42-39-37-28-26-23-20-17-14-11-8-2/h23,26,53,56,62-63H,7-22,24-25,27-52,54-55,57-61H2,1-6H3,(H-,66,68,70,71)/b26-23-,56-53-. The summed E-state index contributed by atoms with van der Waals surface area (Å²) in [5.41, 5.74) is 0. The molecule has 1 N–H and O–H groups in total. The minimum Gasteiger partial charge on any atom is -0.756 e. The molecule has 444 valence electrons. The number of hydrogen-bond acceptors (Lipinski definition) is 7. The molecule has 75 heavy (non-hydrogen) atoms. The SMILES string of the molecule is CCCCCC/C=C\CCCCCCCCCC(=O)NC(COP(=O)([O-])OCC[N+](C)(C)C)C(/C=C\CCCCCCCCCCC)OC(=O)CCCCCCCCCCCCCCCCCCCCCCCCC. The molecule has 0 aliphatic heterocycles. The van der Waals surface area contributed by atoms with Crippen molar-refractivity contribution in [1.29, 1.82) is 0 Å². The van der Waals surface area contributed by atoms with Crippen molar-refractivity contribution in [2.75, 3.05) is 40.9 Å². The van der Waals surface area contributed by atoms with E-state index < -0.39 is 20.0 Å². The van der Waals surface area contributed by atoms with Gasteiger partial charge in [-0.2, -0.15) is 0 Å². The molecule has 0 aliphatic carbocycles. The van der Waals surface area contributed by atoms with Gasteiger partial charge in [0.2, 0.25) is 5.91 Å². The van der Waals surface area contributed by atoms with Crippen molar-refractivity contribution in [3.05, 3.63) is 24.3 Å². The van der Waals surface area contributed by atoms with Crippen LogP contribution < -0.4 is 10.2 Å². The van der Waals surface area contributed by atoms with Crippen LogP contribution in [0.15, 0.2) is 24.3 Å². The van der Waals surface area contributed by atoms with E-state index in [1.54, 1.807) is 0 Å². The summed E-state index contributed by atoms with van der Waals surface area (Å²) in [5, 5.41) is 3.03. The van der Waals surface area contributed by atoms with Crippen LogP contribution in [0.4, 0.5) is 0 Å². The maximum absolute atomic E-state index is 13.5. The predicted molar refractivity (Wildman–Crippen MR) is 321 cm³/mol. The van der Waals surface area contributed by atoms with E-state index in [0.29, 0.717) is 17.4 Å². The highest BCUT2D eigenvalue weighted by molar-refractivity contribution is 7.45. The van der Waals surface area contributed by atoms with Gasteiger partial charge in [0.15, 0.2) is 0 Å². The second kappa shape index (κ2) is 55.8. The number of ether oxygens (including phenoxy) is 1. The number of nitrogens with zero attached hydrogens (tertiary/aromatic N) is 1. The second-order valence-electron chi connectivity index (χ2n) is 23.6. The Bertz CT molecular complexity index is 1340. The maximum atomic E-state index is 13.5. The van der Waals surface area contributed by atoms with Gasteiger partial charge < -0.3 is 28.5 Å². The maximum Gasteiger partial charge on any atom is 0.306 e. The van der Waals surface area contributed by atoms with Crippen LogP contribution in [-0.4, -0.2) is 69.4 Å². The molecule has 1 amide bonds. The predicted octanol–water partition coefficient (Wildman–Crippen LogP) is 19.5. The fourth-order valence-corrected chi connectivity index (χ4v) is 10.5. The third-order valence-corrected chi connectivity index (χ3v) is 15.8. The fraction of sp³-hybridized carbons (Fsp3) is 0.908. The van der Waals surface area contributed by atoms with Gasteiger partial charge in [0.1, 0.15) is 19.3 Å². The number of likely N-dealkylation sites (N-methyl/N-ethyl adjacent to an activating group) is 1. The van der Waals surface area contributed by atoms with Gasteiger partial charge in [0.25, 0.3) is 7.82 Å². The zero-order valence-corrected chi connectivity index (χ0v) is 51.7. The van der Waals surface area contributed by atoms with Gasteiger partial charge in [0.05, 0.1) is 33.8 Å². The van der Waals surface area contributed by atoms with Crippen molar-refractivity contribution in [3.8, 4) is 0 Å². The quantitative estimate of drug-likeness (QED) is 0.0212. The highest BCUT2D eigenvalue weighted by Gasteiger charge is 2.27. The lowest BCUT2D eigenvalue weighted by molar-refractivity contribution is -0.870. The van der Waals surface area contributed by atoms with Crippen molar-refractivity contribution in [2.24, 2.45) is 0 Å². The van der Waals surface area contributed by atoms with E-state index in [1.165, 1.54) is 225 Å². The van der Waals surface area contributed by atoms with Gasteiger partial charge in [-0.15, -0.1) is 0 Å². The smallest absolute Gasteiger partial charge is 0.306 e. The second-order valence-corrected chi connectivity index (χ2v) is 25.0. The summed E-state index contributed by atoms with van der Waals surface area (Å²) in [6.45, 7) is 6.87. The molecule has 0 aromatic rings. The normalized spacial score (nSPS) is 13.7. The number of nitrogens with one attached hydrogen (secondary N) is 1. The molecule has 0 radical (unpaired) electrons. The summed E-state index contributed by atoms with van der Waals surface area (Å²) in [7, 11) is 1.20. The summed E-state index contributed by atoms with van der Waals surface area (Å²) in [6, 6.07) is -0.884. The van der Waals surface area contributed by atoms with Gasteiger partial charge in [-0.05, 0) is 57.4 Å². The lowest BCUT2D eigenvalue weighted by Gasteiger charge is -2.30. The van der Waals surface area contributed by atoms with Crippen LogP contribution in [0.25, 0.3) is 0 Å². The van der Waals surface area contributed by atoms with Crippen LogP contribution in [0.5, 0.6) is 0 Å². The third-order valence-electron chi connectivity index (χ3n) is 14.9. The first-order valence-electron chi connectivity index (χ1n) is 32.6. The van der Waals surface area contributed by atoms with Crippen molar-refractivity contribution in [1.82, 2.24) is 5.32 Å². The highest BCUT2D eigenvalue weighted by Crippen LogP contribution is 2.38. The Hall–Kier alpha value is -1.51. The van der Waals surface area contributed by atoms with Crippen molar-refractivity contribution in [2.45, 2.75) is 341 Å². The topological polar surface area (TPSA) is 114 Å². The molecule has 0 aromatic carbocycles. The van der Waals surface area contributed by atoms with Crippen LogP contribution >= 0.6 is 7.82 Å². The number of esters is 1. The average molecular weight is 1080 g/mol. The van der Waals surface area contributed by atoms with Gasteiger partial charge >= 0.3 is 5.97 Å². The monoisotopic (exact) mass is 1080 g/mol. The molecule has 0 heterocycles. The number of carbonyl (C=O) groups is 2. The number of unbranched alkanes of at least 4 members (excludes halogenated alkanes) is 42. The molecule has 0 fully saturated rings. The van der Waals surface area contributed by atoms with Crippen LogP contribution in [0.3, 0.4) is 0 Å². The Balaban J connectivity index is 5.06. The van der Waals surface area contributed by atoms with Crippen molar-refractivity contribution in [3.63, 3.8) is 0 Å². The summed E-state index contributed by atoms with van der Waals surface area (Å²) >= 11 is 0. The number of phosphoric ester groups is 1. The molecule has 3 atom stereocenters. The lowest BCUT2D eigenvalue weighted by Crippen LogP contribution is -2.47. The summed E-state index contributed by atoms with van der Waals surface area (Å²) in [5.74, 6) is -0.529. The summed E-state index contributed by atoms with van der Waals surface area (Å²) in [4.78, 5) is 40.0. The first kappa shape index (κ1) is 73.5. The van der Waals surface area contributed by atoms with Crippen molar-refractivity contribution >= 4 is 19.7 Å².